The molecule has 0 spiro atoms. The summed E-state index contributed by atoms with van der Waals surface area (Å²) < 4.78 is 35.1. The first-order chi connectivity index (χ1) is 19.3. The largest absolute Gasteiger partial charge is 0.505 e. The van der Waals surface area contributed by atoms with Crippen molar-refractivity contribution in [3.8, 4) is 28.4 Å². The number of nitrogens with zero attached hydrogens (tertiary/aromatic N) is 4. The highest BCUT2D eigenvalue weighted by Crippen LogP contribution is 2.35. The second-order valence-corrected chi connectivity index (χ2v) is 10.3. The molecule has 0 radical (unpaired) electrons. The van der Waals surface area contributed by atoms with Gasteiger partial charge in [0.2, 0.25) is 5.91 Å². The van der Waals surface area contributed by atoms with Crippen LogP contribution in [0.15, 0.2) is 24.3 Å². The van der Waals surface area contributed by atoms with Crippen molar-refractivity contribution in [3.63, 3.8) is 0 Å². The minimum absolute atomic E-state index is 0.0127. The zero-order chi connectivity index (χ0) is 28.0. The molecule has 2 aliphatic rings. The van der Waals surface area contributed by atoms with E-state index >= 15 is 4.39 Å². The van der Waals surface area contributed by atoms with Crippen LogP contribution in [0.1, 0.15) is 23.9 Å². The molecule has 0 saturated carbocycles. The van der Waals surface area contributed by atoms with Crippen molar-refractivity contribution in [1.82, 2.24) is 30.0 Å². The maximum Gasteiger partial charge on any atom is 0.237 e. The average molecular weight is 553 g/mol. The molecule has 10 nitrogen and oxygen atoms in total. The zero-order valence-corrected chi connectivity index (χ0v) is 22.0. The Labute approximate surface area is 228 Å². The molecule has 2 aromatic carbocycles. The van der Waals surface area contributed by atoms with E-state index in [9.17, 15) is 19.4 Å². The number of amides is 1. The highest BCUT2D eigenvalue weighted by atomic mass is 19.1. The molecule has 1 amide bonds. The van der Waals surface area contributed by atoms with E-state index in [1.54, 1.807) is 11.0 Å². The number of H-pyrrole nitrogens is 2. The van der Waals surface area contributed by atoms with Gasteiger partial charge in [0, 0.05) is 26.1 Å². The number of carbonyl (C=O) groups is 1. The van der Waals surface area contributed by atoms with Gasteiger partial charge in [-0.2, -0.15) is 5.10 Å². The highest BCUT2D eigenvalue weighted by Gasteiger charge is 2.28. The molecule has 0 bridgehead atoms. The summed E-state index contributed by atoms with van der Waals surface area (Å²) in [4.78, 5) is 24.7. The first-order valence-electron chi connectivity index (χ1n) is 13.3. The molecule has 6 rings (SSSR count). The van der Waals surface area contributed by atoms with Crippen LogP contribution >= 0.6 is 0 Å². The lowest BCUT2D eigenvalue weighted by atomic mass is 9.96. The van der Waals surface area contributed by atoms with Gasteiger partial charge in [-0.15, -0.1) is 0 Å². The Bertz CT molecular complexity index is 1580. The molecule has 2 aromatic heterocycles. The van der Waals surface area contributed by atoms with E-state index in [1.165, 1.54) is 18.2 Å². The predicted molar refractivity (Wildman–Crippen MR) is 142 cm³/mol. The molecular formula is C28H30F2N6O4. The summed E-state index contributed by atoms with van der Waals surface area (Å²) in [6.07, 6.45) is 0.812. The number of morpholine rings is 1. The zero-order valence-electron chi connectivity index (χ0n) is 22.0. The molecular weight excluding hydrogens is 522 g/mol. The molecule has 210 valence electrons. The highest BCUT2D eigenvalue weighted by molar-refractivity contribution is 5.94. The Hall–Kier alpha value is -3.87. The van der Waals surface area contributed by atoms with Gasteiger partial charge >= 0.3 is 0 Å². The number of carbonyl (C=O) groups excluding carboxylic acids is 1. The number of aromatic nitrogens is 4. The molecule has 40 heavy (non-hydrogen) atoms. The number of aryl methyl sites for hydroxylation is 1. The van der Waals surface area contributed by atoms with Crippen molar-refractivity contribution in [2.24, 2.45) is 0 Å². The molecule has 1 atom stereocenters. The number of aliphatic hydroxyl groups is 1. The predicted octanol–water partition coefficient (Wildman–Crippen LogP) is 2.74. The van der Waals surface area contributed by atoms with Gasteiger partial charge in [-0.1, -0.05) is 6.92 Å². The fraction of sp³-hybridized carbons (Fsp3) is 0.393. The Balaban J connectivity index is 1.24. The standard InChI is InChI=1S/C28H30F2N6O4/c1-2-15-9-24(38)19(29)10-18(15)16-7-20(30)26-22(8-16)33-34-27(26)28-31-21-3-4-36(12-23(21)32-28)25(39)13-35-5-6-40-17(11-35)14-37/h7-10,17,37-38H,2-6,11-14H2,1H3,(H,31,32)(H,33,34)/t17-/m1/s1. The monoisotopic (exact) mass is 552 g/mol. The Kier molecular flexibility index (Phi) is 6.99. The van der Waals surface area contributed by atoms with Gasteiger partial charge in [0.15, 0.2) is 17.4 Å². The third-order valence-corrected chi connectivity index (χ3v) is 7.67. The lowest BCUT2D eigenvalue weighted by molar-refractivity contribution is -0.136. The van der Waals surface area contributed by atoms with Crippen LogP contribution < -0.4 is 0 Å². The summed E-state index contributed by atoms with van der Waals surface area (Å²) in [5, 5.41) is 26.6. The Morgan fingerprint density at radius 3 is 2.85 bits per heavy atom. The number of aliphatic hydroxyl groups excluding tert-OH is 1. The number of ether oxygens (including phenoxy) is 1. The van der Waals surface area contributed by atoms with Crippen LogP contribution in [0.25, 0.3) is 33.5 Å². The fourth-order valence-corrected chi connectivity index (χ4v) is 5.55. The van der Waals surface area contributed by atoms with Gasteiger partial charge in [-0.3, -0.25) is 14.8 Å². The normalized spacial score (nSPS) is 17.9. The van der Waals surface area contributed by atoms with Crippen LogP contribution in [-0.4, -0.2) is 91.6 Å². The summed E-state index contributed by atoms with van der Waals surface area (Å²) in [6, 6.07) is 5.61. The third-order valence-electron chi connectivity index (χ3n) is 7.67. The number of rotatable bonds is 6. The van der Waals surface area contributed by atoms with E-state index in [1.807, 2.05) is 11.8 Å². The number of aromatic hydroxyl groups is 1. The minimum atomic E-state index is -0.772. The van der Waals surface area contributed by atoms with Crippen molar-refractivity contribution in [3.05, 3.63) is 52.9 Å². The maximum absolute atomic E-state index is 15.5. The maximum atomic E-state index is 15.5. The third kappa shape index (κ3) is 4.82. The van der Waals surface area contributed by atoms with Gasteiger partial charge in [-0.05, 0) is 47.4 Å². The van der Waals surface area contributed by atoms with E-state index in [2.05, 4.69) is 20.2 Å². The first kappa shape index (κ1) is 26.4. The molecule has 0 aliphatic carbocycles. The van der Waals surface area contributed by atoms with E-state index < -0.39 is 17.4 Å². The number of imidazole rings is 1. The number of fused-ring (bicyclic) bond motifs is 2. The topological polar surface area (TPSA) is 131 Å². The second-order valence-electron chi connectivity index (χ2n) is 10.3. The van der Waals surface area contributed by atoms with Crippen LogP contribution in [0.2, 0.25) is 0 Å². The molecule has 1 fully saturated rings. The summed E-state index contributed by atoms with van der Waals surface area (Å²) in [7, 11) is 0. The number of phenolic OH excluding ortho intramolecular Hbond substituents is 1. The van der Waals surface area contributed by atoms with Crippen molar-refractivity contribution in [2.75, 3.05) is 39.4 Å². The summed E-state index contributed by atoms with van der Waals surface area (Å²) in [5.41, 5.74) is 4.00. The van der Waals surface area contributed by atoms with E-state index in [0.29, 0.717) is 79.4 Å². The number of hydrogen-bond donors (Lipinski definition) is 4. The van der Waals surface area contributed by atoms with Gasteiger partial charge in [-0.25, -0.2) is 13.8 Å². The van der Waals surface area contributed by atoms with Crippen LogP contribution in [-0.2, 0) is 28.9 Å². The average Bonchev–Trinajstić information content (AvgIpc) is 3.58. The van der Waals surface area contributed by atoms with Crippen LogP contribution in [0, 0.1) is 11.6 Å². The van der Waals surface area contributed by atoms with Gasteiger partial charge in [0.25, 0.3) is 0 Å². The SMILES string of the molecule is CCc1cc(O)c(F)cc1-c1cc(F)c2c(-c3nc4c([nH]3)CN(C(=O)CN3CCO[C@@H](CO)C3)CC4)n[nH]c2c1. The minimum Gasteiger partial charge on any atom is -0.505 e. The van der Waals surface area contributed by atoms with Crippen LogP contribution in [0.4, 0.5) is 8.78 Å². The number of hydrogen-bond acceptors (Lipinski definition) is 7. The van der Waals surface area contributed by atoms with Crippen molar-refractivity contribution in [2.45, 2.75) is 32.4 Å². The molecule has 0 unspecified atom stereocenters. The first-order valence-corrected chi connectivity index (χ1v) is 13.3. The van der Waals surface area contributed by atoms with E-state index in [0.717, 1.165) is 11.4 Å². The fourth-order valence-electron chi connectivity index (χ4n) is 5.55. The summed E-state index contributed by atoms with van der Waals surface area (Å²) >= 11 is 0. The van der Waals surface area contributed by atoms with Gasteiger partial charge in [0.05, 0.1) is 54.7 Å². The molecule has 12 heteroatoms. The number of aromatic amines is 2. The van der Waals surface area contributed by atoms with Crippen LogP contribution in [0.5, 0.6) is 5.75 Å². The molecule has 4 heterocycles. The Morgan fingerprint density at radius 2 is 2.05 bits per heavy atom. The lowest BCUT2D eigenvalue weighted by Gasteiger charge is -2.34. The number of nitrogens with one attached hydrogen (secondary N) is 2. The quantitative estimate of drug-likeness (QED) is 0.289. The number of benzene rings is 2. The molecule has 1 saturated heterocycles. The number of phenols is 1. The van der Waals surface area contributed by atoms with Crippen molar-refractivity contribution in [1.29, 1.82) is 0 Å². The lowest BCUT2D eigenvalue weighted by Crippen LogP contribution is -2.49. The smallest absolute Gasteiger partial charge is 0.237 e. The van der Waals surface area contributed by atoms with Crippen molar-refractivity contribution >= 4 is 16.8 Å². The van der Waals surface area contributed by atoms with Crippen molar-refractivity contribution < 1.29 is 28.5 Å². The molecule has 4 N–H and O–H groups in total. The van der Waals surface area contributed by atoms with E-state index in [-0.39, 0.29) is 30.5 Å². The number of halogens is 2. The van der Waals surface area contributed by atoms with E-state index in [4.69, 9.17) is 4.74 Å². The van der Waals surface area contributed by atoms with Gasteiger partial charge in [0.1, 0.15) is 11.5 Å². The molecule has 4 aromatic rings. The summed E-state index contributed by atoms with van der Waals surface area (Å²) in [5.74, 6) is -1.36. The molecule has 2 aliphatic heterocycles. The summed E-state index contributed by atoms with van der Waals surface area (Å²) in [6.45, 7) is 4.55. The second kappa shape index (κ2) is 10.6. The Morgan fingerprint density at radius 1 is 1.20 bits per heavy atom. The van der Waals surface area contributed by atoms with Crippen LogP contribution in [0.3, 0.4) is 0 Å². The van der Waals surface area contributed by atoms with Gasteiger partial charge < -0.3 is 24.8 Å².